The number of pyridine rings is 1. The van der Waals surface area contributed by atoms with E-state index in [0.29, 0.717) is 11.8 Å². The van der Waals surface area contributed by atoms with Gasteiger partial charge in [0.2, 0.25) is 11.8 Å². The molecule has 2 aliphatic rings. The zero-order valence-electron chi connectivity index (χ0n) is 30.1. The number of rotatable bonds is 4. The molecular formula is C52H31N3O. The first kappa shape index (κ1) is 31.0. The van der Waals surface area contributed by atoms with Gasteiger partial charge < -0.3 is 4.42 Å². The molecule has 0 fully saturated rings. The van der Waals surface area contributed by atoms with Crippen molar-refractivity contribution in [3.05, 3.63) is 210 Å². The van der Waals surface area contributed by atoms with Crippen molar-refractivity contribution in [2.45, 2.75) is 5.41 Å². The molecule has 0 saturated carbocycles. The monoisotopic (exact) mass is 713 g/mol. The fourth-order valence-electron chi connectivity index (χ4n) is 9.51. The van der Waals surface area contributed by atoms with Gasteiger partial charge in [0.05, 0.1) is 16.6 Å². The molecule has 12 rings (SSSR count). The zero-order valence-corrected chi connectivity index (χ0v) is 30.1. The summed E-state index contributed by atoms with van der Waals surface area (Å²) in [6.45, 7) is 0. The third-order valence-electron chi connectivity index (χ3n) is 11.9. The minimum Gasteiger partial charge on any atom is -0.416 e. The third-order valence-corrected chi connectivity index (χ3v) is 11.9. The van der Waals surface area contributed by atoms with E-state index >= 15 is 0 Å². The molecule has 1 spiro atoms. The molecule has 8 aromatic carbocycles. The first-order chi connectivity index (χ1) is 27.8. The van der Waals surface area contributed by atoms with Crippen LogP contribution in [0.1, 0.15) is 22.3 Å². The van der Waals surface area contributed by atoms with Gasteiger partial charge in [-0.15, -0.1) is 10.2 Å². The van der Waals surface area contributed by atoms with Crippen LogP contribution in [0.5, 0.6) is 0 Å². The second kappa shape index (κ2) is 11.8. The zero-order chi connectivity index (χ0) is 36.8. The highest BCUT2D eigenvalue weighted by molar-refractivity contribution is 6.20. The van der Waals surface area contributed by atoms with Gasteiger partial charge in [-0.1, -0.05) is 158 Å². The van der Waals surface area contributed by atoms with Crippen molar-refractivity contribution in [2.24, 2.45) is 0 Å². The van der Waals surface area contributed by atoms with Crippen LogP contribution in [0.2, 0.25) is 0 Å². The van der Waals surface area contributed by atoms with Gasteiger partial charge in [0.25, 0.3) is 0 Å². The Bertz CT molecular complexity index is 3130. The number of nitrogens with zero attached hydrogens (tertiary/aromatic N) is 3. The lowest BCUT2D eigenvalue weighted by Crippen LogP contribution is -2.25. The maximum Gasteiger partial charge on any atom is 0.248 e. The van der Waals surface area contributed by atoms with Crippen molar-refractivity contribution in [3.63, 3.8) is 0 Å². The number of hydrogen-bond acceptors (Lipinski definition) is 4. The lowest BCUT2D eigenvalue weighted by molar-refractivity contribution is 0.584. The summed E-state index contributed by atoms with van der Waals surface area (Å²) in [6, 6.07) is 67.3. The molecule has 0 atom stereocenters. The molecule has 260 valence electrons. The van der Waals surface area contributed by atoms with Gasteiger partial charge in [-0.25, -0.2) is 4.98 Å². The fourth-order valence-corrected chi connectivity index (χ4v) is 9.51. The predicted molar refractivity (Wildman–Crippen MR) is 225 cm³/mol. The number of benzene rings is 8. The predicted octanol–water partition coefficient (Wildman–Crippen LogP) is 12.8. The Labute approximate surface area is 323 Å². The Balaban J connectivity index is 0.994. The van der Waals surface area contributed by atoms with E-state index in [4.69, 9.17) is 9.40 Å². The smallest absolute Gasteiger partial charge is 0.248 e. The average Bonchev–Trinajstić information content (AvgIpc) is 3.97. The Hall–Kier alpha value is -7.43. The quantitative estimate of drug-likeness (QED) is 0.170. The van der Waals surface area contributed by atoms with E-state index < -0.39 is 5.41 Å². The number of fused-ring (bicyclic) bond motifs is 14. The Morgan fingerprint density at radius 2 is 0.857 bits per heavy atom. The van der Waals surface area contributed by atoms with Crippen molar-refractivity contribution in [1.29, 1.82) is 0 Å². The van der Waals surface area contributed by atoms with Crippen molar-refractivity contribution < 1.29 is 4.42 Å². The summed E-state index contributed by atoms with van der Waals surface area (Å²) < 4.78 is 6.01. The van der Waals surface area contributed by atoms with E-state index in [1.165, 1.54) is 55.3 Å². The van der Waals surface area contributed by atoms with E-state index in [0.717, 1.165) is 44.4 Å². The molecule has 0 unspecified atom stereocenters. The molecule has 0 N–H and O–H groups in total. The molecule has 0 bridgehead atoms. The van der Waals surface area contributed by atoms with Crippen LogP contribution < -0.4 is 0 Å². The average molecular weight is 714 g/mol. The van der Waals surface area contributed by atoms with Gasteiger partial charge in [0.1, 0.15) is 0 Å². The molecule has 56 heavy (non-hydrogen) atoms. The van der Waals surface area contributed by atoms with Crippen LogP contribution in [0.25, 0.3) is 89.2 Å². The molecule has 10 aromatic rings. The summed E-state index contributed by atoms with van der Waals surface area (Å²) in [4.78, 5) is 5.36. The Morgan fingerprint density at radius 3 is 1.52 bits per heavy atom. The van der Waals surface area contributed by atoms with E-state index in [1.807, 2.05) is 42.5 Å². The topological polar surface area (TPSA) is 51.8 Å². The Morgan fingerprint density at radius 1 is 0.357 bits per heavy atom. The highest BCUT2D eigenvalue weighted by Crippen LogP contribution is 2.64. The van der Waals surface area contributed by atoms with Crippen LogP contribution in [0.15, 0.2) is 192 Å². The molecule has 0 amide bonds. The fraction of sp³-hybridized carbons (Fsp3) is 0.0192. The molecule has 2 aromatic heterocycles. The van der Waals surface area contributed by atoms with E-state index in [9.17, 15) is 0 Å². The molecule has 4 nitrogen and oxygen atoms in total. The minimum absolute atomic E-state index is 0.400. The highest BCUT2D eigenvalue weighted by atomic mass is 16.4. The van der Waals surface area contributed by atoms with Crippen molar-refractivity contribution >= 4 is 21.7 Å². The lowest BCUT2D eigenvalue weighted by Gasteiger charge is -2.30. The summed E-state index contributed by atoms with van der Waals surface area (Å²) >= 11 is 0. The van der Waals surface area contributed by atoms with Crippen molar-refractivity contribution in [1.82, 2.24) is 15.2 Å². The number of aromatic nitrogens is 3. The van der Waals surface area contributed by atoms with Gasteiger partial charge in [0, 0.05) is 32.8 Å². The standard InChI is InChI=1S/C52H31N3O/c1-2-12-35(13-3-1)50-54-55-51(56-50)36-28-24-33(25-29-36)32-22-26-34(27-23-32)49-41-30-31-45-48(47(41)40-17-7-11-21-46(40)53-49)39-16-6-10-20-44(39)52(45)42-18-8-4-14-37(42)38-15-5-9-19-43(38)52/h1-31H. The van der Waals surface area contributed by atoms with Crippen LogP contribution in [0, 0.1) is 0 Å². The SMILES string of the molecule is c1ccc(-c2nnc(-c3ccc(-c4ccc(-c5nc6ccccc6c6c7c(ccc56)C5(c6ccccc6-c6ccccc65)c5ccccc5-7)cc4)cc3)o2)cc1. The van der Waals surface area contributed by atoms with Gasteiger partial charge in [0.15, 0.2) is 0 Å². The first-order valence-corrected chi connectivity index (χ1v) is 19.0. The first-order valence-electron chi connectivity index (χ1n) is 19.0. The van der Waals surface area contributed by atoms with Crippen LogP contribution >= 0.6 is 0 Å². The van der Waals surface area contributed by atoms with E-state index in [1.54, 1.807) is 0 Å². The maximum atomic E-state index is 6.01. The molecule has 2 heterocycles. The lowest BCUT2D eigenvalue weighted by atomic mass is 9.70. The molecule has 2 aliphatic carbocycles. The molecule has 0 radical (unpaired) electrons. The van der Waals surface area contributed by atoms with Crippen LogP contribution in [0.3, 0.4) is 0 Å². The van der Waals surface area contributed by atoms with Gasteiger partial charge >= 0.3 is 0 Å². The van der Waals surface area contributed by atoms with Crippen molar-refractivity contribution in [3.8, 4) is 67.5 Å². The number of para-hydroxylation sites is 1. The largest absolute Gasteiger partial charge is 0.416 e. The molecule has 4 heteroatoms. The van der Waals surface area contributed by atoms with Gasteiger partial charge in [-0.2, -0.15) is 0 Å². The van der Waals surface area contributed by atoms with Gasteiger partial charge in [-0.3, -0.25) is 0 Å². The molecule has 0 aliphatic heterocycles. The second-order valence-electron chi connectivity index (χ2n) is 14.7. The highest BCUT2D eigenvalue weighted by Gasteiger charge is 2.52. The van der Waals surface area contributed by atoms with Crippen LogP contribution in [-0.2, 0) is 5.41 Å². The summed E-state index contributed by atoms with van der Waals surface area (Å²) in [5.74, 6) is 1.01. The summed E-state index contributed by atoms with van der Waals surface area (Å²) in [7, 11) is 0. The maximum absolute atomic E-state index is 6.01. The normalized spacial score (nSPS) is 13.1. The molecular weight excluding hydrogens is 683 g/mol. The Kier molecular flexibility index (Phi) is 6.52. The minimum atomic E-state index is -0.400. The summed E-state index contributed by atoms with van der Waals surface area (Å²) in [5.41, 5.74) is 17.3. The van der Waals surface area contributed by atoms with Gasteiger partial charge in [-0.05, 0) is 86.0 Å². The van der Waals surface area contributed by atoms with E-state index in [-0.39, 0.29) is 0 Å². The summed E-state index contributed by atoms with van der Waals surface area (Å²) in [6.07, 6.45) is 0. The summed E-state index contributed by atoms with van der Waals surface area (Å²) in [5, 5.41) is 12.2. The second-order valence-corrected chi connectivity index (χ2v) is 14.7. The molecule has 0 saturated heterocycles. The van der Waals surface area contributed by atoms with Crippen LogP contribution in [-0.4, -0.2) is 15.2 Å². The van der Waals surface area contributed by atoms with Crippen molar-refractivity contribution in [2.75, 3.05) is 0 Å². The third kappa shape index (κ3) is 4.27. The van der Waals surface area contributed by atoms with E-state index in [2.05, 4.69) is 156 Å². The number of hydrogen-bond donors (Lipinski definition) is 0. The van der Waals surface area contributed by atoms with Crippen LogP contribution in [0.4, 0.5) is 0 Å².